The molecule has 0 aromatic heterocycles. The highest BCUT2D eigenvalue weighted by Crippen LogP contribution is 2.29. The van der Waals surface area contributed by atoms with E-state index in [0.717, 1.165) is 11.1 Å². The minimum Gasteiger partial charge on any atom is -0.384 e. The first-order valence-corrected chi connectivity index (χ1v) is 6.88. The van der Waals surface area contributed by atoms with E-state index in [1.165, 1.54) is 32.1 Å². The minimum absolute atomic E-state index is 0.536. The summed E-state index contributed by atoms with van der Waals surface area (Å²) in [7, 11) is 0. The molecule has 1 aromatic carbocycles. The predicted octanol–water partition coefficient (Wildman–Crippen LogP) is 4.41. The average molecular weight is 242 g/mol. The Balaban J connectivity index is 2.12. The summed E-state index contributed by atoms with van der Waals surface area (Å²) in [6.45, 7) is 3.84. The van der Waals surface area contributed by atoms with Gasteiger partial charge in [-0.05, 0) is 29.9 Å². The van der Waals surface area contributed by atoms with Crippen LogP contribution in [0.15, 0.2) is 54.6 Å². The molecular formula is C17H22O. The van der Waals surface area contributed by atoms with Crippen LogP contribution in [-0.2, 0) is 0 Å². The Hall–Kier alpha value is -1.34. The zero-order valence-electron chi connectivity index (χ0n) is 10.9. The van der Waals surface area contributed by atoms with Crippen molar-refractivity contribution in [2.75, 3.05) is 0 Å². The molecule has 0 saturated heterocycles. The summed E-state index contributed by atoms with van der Waals surface area (Å²) in [5.74, 6) is 0.616. The molecule has 1 heteroatoms. The number of allylic oxidation sites excluding steroid dienone is 1. The second kappa shape index (κ2) is 6.55. The minimum atomic E-state index is -0.536. The fourth-order valence-electron chi connectivity index (χ4n) is 2.67. The summed E-state index contributed by atoms with van der Waals surface area (Å²) < 4.78 is 0. The molecule has 2 rings (SSSR count). The Labute approximate surface area is 110 Å². The van der Waals surface area contributed by atoms with Crippen LogP contribution in [0.25, 0.3) is 0 Å². The normalized spacial score (nSPS) is 19.5. The number of hydrogen-bond donors (Lipinski definition) is 1. The standard InChI is InChI=1S/C17H22O/c1-2-15(13-14-9-5-3-6-10-14)17(18)16-11-7-4-8-12-16/h2,4,7-8,11-14,17-18H,1,3,5-6,9-10H2/b15-13+/t17-/m1/s1. The van der Waals surface area contributed by atoms with Gasteiger partial charge in [-0.15, -0.1) is 0 Å². The monoisotopic (exact) mass is 242 g/mol. The first-order valence-electron chi connectivity index (χ1n) is 6.88. The molecule has 1 aliphatic carbocycles. The topological polar surface area (TPSA) is 20.2 Å². The summed E-state index contributed by atoms with van der Waals surface area (Å²) >= 11 is 0. The number of aliphatic hydroxyl groups excluding tert-OH is 1. The van der Waals surface area contributed by atoms with E-state index in [9.17, 15) is 5.11 Å². The average Bonchev–Trinajstić information content (AvgIpc) is 2.46. The van der Waals surface area contributed by atoms with Gasteiger partial charge in [0, 0.05) is 0 Å². The van der Waals surface area contributed by atoms with E-state index >= 15 is 0 Å². The molecular weight excluding hydrogens is 220 g/mol. The Morgan fingerprint density at radius 1 is 1.17 bits per heavy atom. The van der Waals surface area contributed by atoms with Gasteiger partial charge < -0.3 is 5.11 Å². The third-order valence-corrected chi connectivity index (χ3v) is 3.74. The number of hydrogen-bond acceptors (Lipinski definition) is 1. The molecule has 1 fully saturated rings. The van der Waals surface area contributed by atoms with Crippen molar-refractivity contribution in [3.05, 3.63) is 60.2 Å². The number of benzene rings is 1. The van der Waals surface area contributed by atoms with Crippen molar-refractivity contribution in [1.82, 2.24) is 0 Å². The Kier molecular flexibility index (Phi) is 4.77. The van der Waals surface area contributed by atoms with Gasteiger partial charge in [-0.1, -0.05) is 68.3 Å². The van der Waals surface area contributed by atoms with Crippen molar-refractivity contribution in [2.24, 2.45) is 5.92 Å². The second-order valence-corrected chi connectivity index (χ2v) is 5.08. The Morgan fingerprint density at radius 3 is 2.44 bits per heavy atom. The van der Waals surface area contributed by atoms with Gasteiger partial charge in [0.2, 0.25) is 0 Å². The molecule has 0 amide bonds. The molecule has 96 valence electrons. The van der Waals surface area contributed by atoms with Gasteiger partial charge in [0.05, 0.1) is 0 Å². The quantitative estimate of drug-likeness (QED) is 0.775. The van der Waals surface area contributed by atoms with Crippen LogP contribution in [-0.4, -0.2) is 5.11 Å². The molecule has 1 aromatic rings. The molecule has 1 nitrogen and oxygen atoms in total. The van der Waals surface area contributed by atoms with E-state index in [2.05, 4.69) is 12.7 Å². The lowest BCUT2D eigenvalue weighted by Gasteiger charge is -2.21. The van der Waals surface area contributed by atoms with E-state index in [0.29, 0.717) is 5.92 Å². The highest BCUT2D eigenvalue weighted by molar-refractivity contribution is 5.31. The maximum atomic E-state index is 10.4. The first kappa shape index (κ1) is 13.1. The highest BCUT2D eigenvalue weighted by Gasteiger charge is 2.15. The summed E-state index contributed by atoms with van der Waals surface area (Å²) in [5, 5.41) is 10.4. The zero-order chi connectivity index (χ0) is 12.8. The SMILES string of the molecule is C=C/C(=C\C1CCCCC1)[C@@H](O)c1ccccc1. The Morgan fingerprint density at radius 2 is 1.83 bits per heavy atom. The maximum Gasteiger partial charge on any atom is 0.104 e. The van der Waals surface area contributed by atoms with Crippen LogP contribution in [0.1, 0.15) is 43.8 Å². The van der Waals surface area contributed by atoms with E-state index in [4.69, 9.17) is 0 Å². The van der Waals surface area contributed by atoms with Gasteiger partial charge in [0.15, 0.2) is 0 Å². The van der Waals surface area contributed by atoms with Crippen molar-refractivity contribution < 1.29 is 5.11 Å². The summed E-state index contributed by atoms with van der Waals surface area (Å²) in [6, 6.07) is 9.81. The molecule has 1 atom stereocenters. The fraction of sp³-hybridized carbons (Fsp3) is 0.412. The smallest absolute Gasteiger partial charge is 0.104 e. The van der Waals surface area contributed by atoms with Gasteiger partial charge in [-0.25, -0.2) is 0 Å². The lowest BCUT2D eigenvalue weighted by atomic mass is 9.86. The zero-order valence-corrected chi connectivity index (χ0v) is 10.9. The number of aliphatic hydroxyl groups is 1. The van der Waals surface area contributed by atoms with Crippen molar-refractivity contribution in [1.29, 1.82) is 0 Å². The molecule has 0 aliphatic heterocycles. The molecule has 0 bridgehead atoms. The molecule has 0 spiro atoms. The van der Waals surface area contributed by atoms with Gasteiger partial charge >= 0.3 is 0 Å². The van der Waals surface area contributed by atoms with Crippen LogP contribution < -0.4 is 0 Å². The third-order valence-electron chi connectivity index (χ3n) is 3.74. The van der Waals surface area contributed by atoms with Crippen LogP contribution >= 0.6 is 0 Å². The van der Waals surface area contributed by atoms with Crippen LogP contribution in [0, 0.1) is 5.92 Å². The van der Waals surface area contributed by atoms with Crippen molar-refractivity contribution in [2.45, 2.75) is 38.2 Å². The maximum absolute atomic E-state index is 10.4. The molecule has 1 N–H and O–H groups in total. The lowest BCUT2D eigenvalue weighted by molar-refractivity contribution is 0.218. The number of rotatable bonds is 4. The van der Waals surface area contributed by atoms with Crippen molar-refractivity contribution >= 4 is 0 Å². The van der Waals surface area contributed by atoms with E-state index < -0.39 is 6.10 Å². The van der Waals surface area contributed by atoms with E-state index in [1.54, 1.807) is 6.08 Å². The molecule has 1 aliphatic rings. The first-order chi connectivity index (χ1) is 8.81. The van der Waals surface area contributed by atoms with E-state index in [1.807, 2.05) is 30.3 Å². The molecule has 0 radical (unpaired) electrons. The van der Waals surface area contributed by atoms with Crippen LogP contribution in [0.5, 0.6) is 0 Å². The van der Waals surface area contributed by atoms with Gasteiger partial charge in [0.1, 0.15) is 6.10 Å². The predicted molar refractivity (Wildman–Crippen MR) is 76.3 cm³/mol. The molecule has 18 heavy (non-hydrogen) atoms. The fourth-order valence-corrected chi connectivity index (χ4v) is 2.67. The van der Waals surface area contributed by atoms with Gasteiger partial charge in [-0.2, -0.15) is 0 Å². The molecule has 0 heterocycles. The lowest BCUT2D eigenvalue weighted by Crippen LogP contribution is -2.07. The van der Waals surface area contributed by atoms with Crippen LogP contribution in [0.3, 0.4) is 0 Å². The van der Waals surface area contributed by atoms with Crippen molar-refractivity contribution in [3.8, 4) is 0 Å². The molecule has 0 unspecified atom stereocenters. The van der Waals surface area contributed by atoms with Crippen molar-refractivity contribution in [3.63, 3.8) is 0 Å². The summed E-state index contributed by atoms with van der Waals surface area (Å²) in [4.78, 5) is 0. The van der Waals surface area contributed by atoms with Crippen LogP contribution in [0.2, 0.25) is 0 Å². The highest BCUT2D eigenvalue weighted by atomic mass is 16.3. The summed E-state index contributed by atoms with van der Waals surface area (Å²) in [6.07, 6.45) is 9.97. The second-order valence-electron chi connectivity index (χ2n) is 5.08. The van der Waals surface area contributed by atoms with E-state index in [-0.39, 0.29) is 0 Å². The van der Waals surface area contributed by atoms with Gasteiger partial charge in [0.25, 0.3) is 0 Å². The third kappa shape index (κ3) is 3.33. The largest absolute Gasteiger partial charge is 0.384 e. The Bertz CT molecular complexity index is 399. The van der Waals surface area contributed by atoms with Gasteiger partial charge in [-0.3, -0.25) is 0 Å². The molecule has 1 saturated carbocycles. The van der Waals surface area contributed by atoms with Crippen LogP contribution in [0.4, 0.5) is 0 Å². The summed E-state index contributed by atoms with van der Waals surface area (Å²) in [5.41, 5.74) is 1.90.